The Kier molecular flexibility index (Phi) is 6.23. The highest BCUT2D eigenvalue weighted by atomic mass is 32.3. The number of rotatable bonds is 3. The smallest absolute Gasteiger partial charge is 0.435 e. The lowest BCUT2D eigenvalue weighted by atomic mass is 10.1. The van der Waals surface area contributed by atoms with Gasteiger partial charge in [0.2, 0.25) is 0 Å². The third kappa shape index (κ3) is 9.51. The van der Waals surface area contributed by atoms with E-state index in [9.17, 15) is 8.68 Å². The van der Waals surface area contributed by atoms with E-state index < -0.39 is 22.5 Å². The van der Waals surface area contributed by atoms with E-state index in [1.165, 1.54) is 12.1 Å². The average Bonchev–Trinajstić information content (AvgIpc) is 2.18. The number of hydrogen-bond donors (Lipinski definition) is 4. The lowest BCUT2D eigenvalue weighted by Gasteiger charge is -2.05. The van der Waals surface area contributed by atoms with Crippen molar-refractivity contribution in [2.24, 2.45) is 5.73 Å². The zero-order valence-corrected chi connectivity index (χ0v) is 9.84. The molecule has 1 aromatic carbocycles. The van der Waals surface area contributed by atoms with Crippen molar-refractivity contribution >= 4 is 16.5 Å². The van der Waals surface area contributed by atoms with E-state index in [4.69, 9.17) is 28.9 Å². The molecule has 0 radical (unpaired) electrons. The Balaban J connectivity index is 0.000000494. The normalized spacial score (nSPS) is 12.2. The first kappa shape index (κ1) is 16.3. The Morgan fingerprint density at radius 2 is 1.72 bits per heavy atom. The van der Waals surface area contributed by atoms with Crippen LogP contribution in [0.25, 0.3) is 0 Å². The molecule has 0 spiro atoms. The molecule has 102 valence electrons. The van der Waals surface area contributed by atoms with Crippen LogP contribution >= 0.6 is 0 Å². The van der Waals surface area contributed by atoms with Gasteiger partial charge in [0, 0.05) is 0 Å². The third-order valence-corrected chi connectivity index (χ3v) is 1.71. The van der Waals surface area contributed by atoms with E-state index in [2.05, 4.69) is 0 Å². The van der Waals surface area contributed by atoms with Crippen molar-refractivity contribution in [2.45, 2.75) is 12.5 Å². The minimum Gasteiger partial charge on any atom is -0.508 e. The quantitative estimate of drug-likeness (QED) is 0.455. The molecule has 0 amide bonds. The first-order chi connectivity index (χ1) is 8.09. The fourth-order valence-electron chi connectivity index (χ4n) is 0.973. The zero-order chi connectivity index (χ0) is 14.3. The summed E-state index contributed by atoms with van der Waals surface area (Å²) in [6.45, 7) is 0. The molecular formula is C9H12FNO6S. The van der Waals surface area contributed by atoms with Crippen LogP contribution in [0.5, 0.6) is 5.75 Å². The van der Waals surface area contributed by atoms with E-state index in [1.54, 1.807) is 12.1 Å². The fraction of sp³-hybridized carbons (Fsp3) is 0.222. The van der Waals surface area contributed by atoms with Crippen LogP contribution in [0.3, 0.4) is 0 Å². The molecule has 0 aliphatic heterocycles. The Morgan fingerprint density at radius 3 is 2.06 bits per heavy atom. The number of hydrogen-bond acceptors (Lipinski definition) is 5. The van der Waals surface area contributed by atoms with Gasteiger partial charge in [0.1, 0.15) is 11.8 Å². The van der Waals surface area contributed by atoms with Gasteiger partial charge in [-0.3, -0.25) is 9.35 Å². The summed E-state index contributed by atoms with van der Waals surface area (Å²) >= 11 is 0. The van der Waals surface area contributed by atoms with Crippen molar-refractivity contribution in [3.8, 4) is 5.75 Å². The minimum absolute atomic E-state index is 0.160. The van der Waals surface area contributed by atoms with Gasteiger partial charge in [-0.25, -0.2) is 0 Å². The highest BCUT2D eigenvalue weighted by Gasteiger charge is 2.11. The highest BCUT2D eigenvalue weighted by Crippen LogP contribution is 2.10. The highest BCUT2D eigenvalue weighted by molar-refractivity contribution is 7.80. The SMILES string of the molecule is NC(Cc1ccc(O)cc1)C(=O)O.O=S(=O)(O)F. The summed E-state index contributed by atoms with van der Waals surface area (Å²) in [5.74, 6) is -0.860. The first-order valence-corrected chi connectivity index (χ1v) is 5.87. The Hall–Kier alpha value is -1.71. The monoisotopic (exact) mass is 281 g/mol. The van der Waals surface area contributed by atoms with Crippen molar-refractivity contribution in [1.82, 2.24) is 0 Å². The molecule has 1 unspecified atom stereocenters. The molecule has 0 aromatic heterocycles. The predicted octanol–water partition coefficient (Wildman–Crippen LogP) is 0.105. The predicted molar refractivity (Wildman–Crippen MR) is 60.1 cm³/mol. The van der Waals surface area contributed by atoms with Crippen LogP contribution in [0.4, 0.5) is 3.89 Å². The first-order valence-electron chi connectivity index (χ1n) is 4.53. The molecule has 1 aromatic rings. The van der Waals surface area contributed by atoms with Gasteiger partial charge in [-0.05, 0) is 24.1 Å². The van der Waals surface area contributed by atoms with Crippen molar-refractivity contribution in [3.05, 3.63) is 29.8 Å². The maximum atomic E-state index is 10.4. The molecular weight excluding hydrogens is 269 g/mol. The Morgan fingerprint density at radius 1 is 1.33 bits per heavy atom. The fourth-order valence-corrected chi connectivity index (χ4v) is 0.973. The largest absolute Gasteiger partial charge is 0.508 e. The van der Waals surface area contributed by atoms with Crippen molar-refractivity contribution in [2.75, 3.05) is 0 Å². The van der Waals surface area contributed by atoms with Crippen LogP contribution in [0.15, 0.2) is 24.3 Å². The zero-order valence-electron chi connectivity index (χ0n) is 9.02. The van der Waals surface area contributed by atoms with Crippen LogP contribution in [0.2, 0.25) is 0 Å². The Bertz CT molecular complexity index is 478. The number of aliphatic carboxylic acids is 1. The second-order valence-electron chi connectivity index (χ2n) is 3.23. The van der Waals surface area contributed by atoms with E-state index >= 15 is 0 Å². The number of carboxylic acids is 1. The van der Waals surface area contributed by atoms with Gasteiger partial charge >= 0.3 is 16.5 Å². The summed E-state index contributed by atoms with van der Waals surface area (Å²) in [5, 5.41) is 17.5. The summed E-state index contributed by atoms with van der Waals surface area (Å²) < 4.78 is 34.1. The molecule has 0 aliphatic rings. The van der Waals surface area contributed by atoms with Crippen molar-refractivity contribution < 1.29 is 31.9 Å². The van der Waals surface area contributed by atoms with Gasteiger partial charge in [-0.1, -0.05) is 16.0 Å². The summed E-state index contributed by atoms with van der Waals surface area (Å²) in [5.41, 5.74) is 6.12. The summed E-state index contributed by atoms with van der Waals surface area (Å²) in [6.07, 6.45) is 0.273. The number of benzene rings is 1. The molecule has 0 saturated heterocycles. The molecule has 0 fully saturated rings. The molecule has 1 rings (SSSR count). The third-order valence-electron chi connectivity index (χ3n) is 1.71. The van der Waals surface area contributed by atoms with Crippen molar-refractivity contribution in [1.29, 1.82) is 0 Å². The summed E-state index contributed by atoms with van der Waals surface area (Å²) in [7, 11) is -5.17. The van der Waals surface area contributed by atoms with Gasteiger partial charge < -0.3 is 15.9 Å². The van der Waals surface area contributed by atoms with Crippen LogP contribution in [-0.2, 0) is 21.7 Å². The lowest BCUT2D eigenvalue weighted by molar-refractivity contribution is -0.138. The number of nitrogens with two attached hydrogens (primary N) is 1. The van der Waals surface area contributed by atoms with Gasteiger partial charge in [-0.15, -0.1) is 0 Å². The second kappa shape index (κ2) is 6.89. The number of halogens is 1. The Labute approximate surface area is 103 Å². The van der Waals surface area contributed by atoms with Gasteiger partial charge in [0.05, 0.1) is 0 Å². The number of aromatic hydroxyl groups is 1. The van der Waals surface area contributed by atoms with E-state index in [-0.39, 0.29) is 12.2 Å². The molecule has 0 bridgehead atoms. The van der Waals surface area contributed by atoms with Gasteiger partial charge in [-0.2, -0.15) is 8.42 Å². The number of phenols is 1. The number of phenolic OH excluding ortho intramolecular Hbond substituents is 1. The summed E-state index contributed by atoms with van der Waals surface area (Å²) in [6, 6.07) is 5.42. The molecule has 18 heavy (non-hydrogen) atoms. The van der Waals surface area contributed by atoms with Gasteiger partial charge in [0.25, 0.3) is 0 Å². The molecule has 7 nitrogen and oxygen atoms in total. The minimum atomic E-state index is -5.17. The molecule has 0 saturated carbocycles. The van der Waals surface area contributed by atoms with Crippen LogP contribution in [-0.4, -0.2) is 35.2 Å². The topological polar surface area (TPSA) is 138 Å². The maximum absolute atomic E-state index is 10.4. The standard InChI is InChI=1S/C9H11NO3.FHO3S/c10-8(9(12)13)5-6-1-3-7(11)4-2-6;1-5(2,3)4/h1-4,8,11H,5,10H2,(H,12,13);(H,2,3,4). The van der Waals surface area contributed by atoms with Crippen LogP contribution in [0, 0.1) is 0 Å². The van der Waals surface area contributed by atoms with Crippen LogP contribution in [0.1, 0.15) is 5.56 Å². The van der Waals surface area contributed by atoms with E-state index in [0.717, 1.165) is 5.56 Å². The maximum Gasteiger partial charge on any atom is 0.435 e. The van der Waals surface area contributed by atoms with Gasteiger partial charge in [0.15, 0.2) is 0 Å². The van der Waals surface area contributed by atoms with Crippen LogP contribution < -0.4 is 5.73 Å². The summed E-state index contributed by atoms with van der Waals surface area (Å²) in [4.78, 5) is 10.4. The number of carboxylic acid groups (broad SMARTS) is 1. The van der Waals surface area contributed by atoms with Crippen molar-refractivity contribution in [3.63, 3.8) is 0 Å². The second-order valence-corrected chi connectivity index (χ2v) is 4.05. The van der Waals surface area contributed by atoms with E-state index in [1.807, 2.05) is 0 Å². The van der Waals surface area contributed by atoms with E-state index in [0.29, 0.717) is 0 Å². The molecule has 5 N–H and O–H groups in total. The molecule has 1 atom stereocenters. The number of carbonyl (C=O) groups is 1. The molecule has 9 heteroatoms. The average molecular weight is 281 g/mol. The molecule has 0 heterocycles. The molecule has 0 aliphatic carbocycles. The lowest BCUT2D eigenvalue weighted by Crippen LogP contribution is -2.32.